The fraction of sp³-hybridized carbons (Fsp3) is 0.429. The summed E-state index contributed by atoms with van der Waals surface area (Å²) < 4.78 is 16.3. The zero-order valence-corrected chi connectivity index (χ0v) is 16.6. The SMILES string of the molecule is Fc1ccccc1-c1ccc(CN2CCC(c3nnc4n3CCNC4)CC2)s1. The summed E-state index contributed by atoms with van der Waals surface area (Å²) in [7, 11) is 0. The third-order valence-electron chi connectivity index (χ3n) is 5.78. The summed E-state index contributed by atoms with van der Waals surface area (Å²) in [6, 6.07) is 11.2. The topological polar surface area (TPSA) is 46.0 Å². The number of nitrogens with zero attached hydrogens (tertiary/aromatic N) is 4. The first-order valence-corrected chi connectivity index (χ1v) is 10.8. The summed E-state index contributed by atoms with van der Waals surface area (Å²) in [4.78, 5) is 4.80. The Labute approximate surface area is 168 Å². The van der Waals surface area contributed by atoms with Crippen molar-refractivity contribution in [1.82, 2.24) is 25.0 Å². The van der Waals surface area contributed by atoms with Gasteiger partial charge in [0.25, 0.3) is 0 Å². The van der Waals surface area contributed by atoms with E-state index in [0.717, 1.165) is 62.8 Å². The molecule has 1 N–H and O–H groups in total. The van der Waals surface area contributed by atoms with Gasteiger partial charge in [-0.2, -0.15) is 0 Å². The van der Waals surface area contributed by atoms with Crippen molar-refractivity contribution in [2.24, 2.45) is 0 Å². The molecule has 5 nitrogen and oxygen atoms in total. The van der Waals surface area contributed by atoms with Gasteiger partial charge < -0.3 is 9.88 Å². The Hall–Kier alpha value is -2.09. The normalized spacial score (nSPS) is 18.3. The van der Waals surface area contributed by atoms with E-state index in [4.69, 9.17) is 0 Å². The number of hydrogen-bond acceptors (Lipinski definition) is 5. The predicted octanol–water partition coefficient (Wildman–Crippen LogP) is 3.63. The summed E-state index contributed by atoms with van der Waals surface area (Å²) in [5, 5.41) is 12.2. The van der Waals surface area contributed by atoms with Crippen molar-refractivity contribution in [3.05, 3.63) is 58.7 Å². The monoisotopic (exact) mass is 397 g/mol. The average molecular weight is 398 g/mol. The van der Waals surface area contributed by atoms with Crippen LogP contribution in [0.1, 0.15) is 35.3 Å². The molecule has 146 valence electrons. The molecule has 1 saturated heterocycles. The zero-order valence-electron chi connectivity index (χ0n) is 15.8. The Balaban J connectivity index is 1.21. The lowest BCUT2D eigenvalue weighted by atomic mass is 9.95. The van der Waals surface area contributed by atoms with E-state index in [1.54, 1.807) is 17.4 Å². The standard InChI is InChI=1S/C21H24FN5S/c22-18-4-2-1-3-17(18)19-6-5-16(28-19)14-26-10-7-15(8-11-26)21-25-24-20-13-23-9-12-27(20)21/h1-6,15,23H,7-14H2. The summed E-state index contributed by atoms with van der Waals surface area (Å²) in [6.07, 6.45) is 2.24. The summed E-state index contributed by atoms with van der Waals surface area (Å²) in [5.74, 6) is 2.61. The first kappa shape index (κ1) is 18.0. The van der Waals surface area contributed by atoms with E-state index in [-0.39, 0.29) is 5.82 Å². The fourth-order valence-corrected chi connectivity index (χ4v) is 5.33. The maximum atomic E-state index is 14.0. The molecule has 0 amide bonds. The van der Waals surface area contributed by atoms with Crippen LogP contribution in [0, 0.1) is 5.82 Å². The second-order valence-corrected chi connectivity index (χ2v) is 8.77. The molecule has 3 aromatic rings. The van der Waals surface area contributed by atoms with Crippen molar-refractivity contribution in [2.45, 2.75) is 38.4 Å². The number of aromatic nitrogens is 3. The summed E-state index contributed by atoms with van der Waals surface area (Å²) >= 11 is 1.70. The molecule has 4 heterocycles. The molecular weight excluding hydrogens is 373 g/mol. The molecule has 5 rings (SSSR count). The van der Waals surface area contributed by atoms with Crippen molar-refractivity contribution >= 4 is 11.3 Å². The maximum Gasteiger partial charge on any atom is 0.147 e. The molecule has 0 unspecified atom stereocenters. The highest BCUT2D eigenvalue weighted by Crippen LogP contribution is 2.32. The predicted molar refractivity (Wildman–Crippen MR) is 109 cm³/mol. The molecule has 7 heteroatoms. The van der Waals surface area contributed by atoms with E-state index in [9.17, 15) is 4.39 Å². The van der Waals surface area contributed by atoms with E-state index in [0.29, 0.717) is 11.5 Å². The van der Waals surface area contributed by atoms with Crippen LogP contribution in [0.3, 0.4) is 0 Å². The fourth-order valence-electron chi connectivity index (χ4n) is 4.25. The lowest BCUT2D eigenvalue weighted by molar-refractivity contribution is 0.201. The molecule has 1 aromatic carbocycles. The number of halogens is 1. The highest BCUT2D eigenvalue weighted by molar-refractivity contribution is 7.15. The number of fused-ring (bicyclic) bond motifs is 1. The molecule has 0 aliphatic carbocycles. The van der Waals surface area contributed by atoms with E-state index >= 15 is 0 Å². The van der Waals surface area contributed by atoms with Crippen LogP contribution in [-0.4, -0.2) is 39.3 Å². The van der Waals surface area contributed by atoms with E-state index < -0.39 is 0 Å². The van der Waals surface area contributed by atoms with Crippen molar-refractivity contribution in [3.63, 3.8) is 0 Å². The van der Waals surface area contributed by atoms with Crippen LogP contribution in [0.15, 0.2) is 36.4 Å². The Morgan fingerprint density at radius 1 is 1.07 bits per heavy atom. The van der Waals surface area contributed by atoms with Gasteiger partial charge in [0.05, 0.1) is 6.54 Å². The van der Waals surface area contributed by atoms with E-state index in [1.165, 1.54) is 16.8 Å². The van der Waals surface area contributed by atoms with Crippen molar-refractivity contribution in [3.8, 4) is 10.4 Å². The minimum absolute atomic E-state index is 0.149. The largest absolute Gasteiger partial charge is 0.312 e. The van der Waals surface area contributed by atoms with Crippen LogP contribution in [0.2, 0.25) is 0 Å². The molecule has 0 atom stereocenters. The molecular formula is C21H24FN5S. The molecule has 2 aliphatic heterocycles. The Morgan fingerprint density at radius 2 is 1.93 bits per heavy atom. The highest BCUT2D eigenvalue weighted by atomic mass is 32.1. The van der Waals surface area contributed by atoms with Gasteiger partial charge in [-0.05, 0) is 44.1 Å². The van der Waals surface area contributed by atoms with Crippen LogP contribution in [0.5, 0.6) is 0 Å². The van der Waals surface area contributed by atoms with Crippen molar-refractivity contribution < 1.29 is 4.39 Å². The van der Waals surface area contributed by atoms with Crippen molar-refractivity contribution in [2.75, 3.05) is 19.6 Å². The van der Waals surface area contributed by atoms with Crippen LogP contribution >= 0.6 is 11.3 Å². The molecule has 2 aromatic heterocycles. The van der Waals surface area contributed by atoms with Crippen LogP contribution in [-0.2, 0) is 19.6 Å². The molecule has 0 spiro atoms. The third kappa shape index (κ3) is 3.50. The molecule has 0 bridgehead atoms. The first-order chi connectivity index (χ1) is 13.8. The molecule has 28 heavy (non-hydrogen) atoms. The minimum Gasteiger partial charge on any atom is -0.312 e. The Morgan fingerprint density at radius 3 is 2.79 bits per heavy atom. The Kier molecular flexibility index (Phi) is 4.96. The number of nitrogens with one attached hydrogen (secondary N) is 1. The molecule has 2 aliphatic rings. The Bertz CT molecular complexity index is 957. The molecule has 1 fully saturated rings. The second-order valence-electron chi connectivity index (χ2n) is 7.60. The van der Waals surface area contributed by atoms with Crippen LogP contribution in [0.4, 0.5) is 4.39 Å². The van der Waals surface area contributed by atoms with E-state index in [2.05, 4.69) is 31.0 Å². The number of benzene rings is 1. The number of hydrogen-bond donors (Lipinski definition) is 1. The highest BCUT2D eigenvalue weighted by Gasteiger charge is 2.27. The zero-order chi connectivity index (χ0) is 18.9. The number of likely N-dealkylation sites (tertiary alicyclic amines) is 1. The molecule has 0 radical (unpaired) electrons. The van der Waals surface area contributed by atoms with Gasteiger partial charge in [-0.25, -0.2) is 4.39 Å². The van der Waals surface area contributed by atoms with Gasteiger partial charge in [-0.15, -0.1) is 21.5 Å². The smallest absolute Gasteiger partial charge is 0.147 e. The van der Waals surface area contributed by atoms with Gasteiger partial charge in [-0.3, -0.25) is 4.90 Å². The van der Waals surface area contributed by atoms with E-state index in [1.807, 2.05) is 18.2 Å². The minimum atomic E-state index is -0.149. The number of thiophene rings is 1. The van der Waals surface area contributed by atoms with Gasteiger partial charge in [0.15, 0.2) is 0 Å². The maximum absolute atomic E-state index is 14.0. The van der Waals surface area contributed by atoms with Crippen LogP contribution < -0.4 is 5.32 Å². The van der Waals surface area contributed by atoms with Gasteiger partial charge in [0, 0.05) is 40.9 Å². The molecule has 0 saturated carbocycles. The van der Waals surface area contributed by atoms with Gasteiger partial charge >= 0.3 is 0 Å². The first-order valence-electron chi connectivity index (χ1n) is 9.96. The quantitative estimate of drug-likeness (QED) is 0.730. The van der Waals surface area contributed by atoms with Crippen molar-refractivity contribution in [1.29, 1.82) is 0 Å². The van der Waals surface area contributed by atoms with Gasteiger partial charge in [-0.1, -0.05) is 18.2 Å². The average Bonchev–Trinajstić information content (AvgIpc) is 3.36. The van der Waals surface area contributed by atoms with Gasteiger partial charge in [0.2, 0.25) is 0 Å². The van der Waals surface area contributed by atoms with Crippen LogP contribution in [0.25, 0.3) is 10.4 Å². The lowest BCUT2D eigenvalue weighted by Crippen LogP contribution is -2.34. The number of rotatable bonds is 4. The summed E-state index contributed by atoms with van der Waals surface area (Å²) in [6.45, 7) is 5.88. The summed E-state index contributed by atoms with van der Waals surface area (Å²) in [5.41, 5.74) is 0.698. The lowest BCUT2D eigenvalue weighted by Gasteiger charge is -2.31. The van der Waals surface area contributed by atoms with Gasteiger partial charge in [0.1, 0.15) is 17.5 Å². The second kappa shape index (κ2) is 7.73. The third-order valence-corrected chi connectivity index (χ3v) is 6.89. The number of piperidine rings is 1.